The van der Waals surface area contributed by atoms with Gasteiger partial charge in [-0.05, 0) is 19.3 Å². The van der Waals surface area contributed by atoms with E-state index >= 15 is 0 Å². The number of amides is 1. The van der Waals surface area contributed by atoms with Gasteiger partial charge in [-0.3, -0.25) is 4.79 Å². The maximum absolute atomic E-state index is 12.9. The molecule has 0 radical (unpaired) electrons. The van der Waals surface area contributed by atoms with Gasteiger partial charge in [0.05, 0.1) is 5.56 Å². The number of aromatic nitrogens is 1. The maximum Gasteiger partial charge on any atom is 0.339 e. The van der Waals surface area contributed by atoms with Gasteiger partial charge in [-0.1, -0.05) is 30.3 Å². The molecule has 6 heteroatoms. The fourth-order valence-electron chi connectivity index (χ4n) is 2.89. The molecule has 1 aromatic carbocycles. The highest BCUT2D eigenvalue weighted by Gasteiger charge is 2.30. The molecule has 2 heterocycles. The monoisotopic (exact) mass is 340 g/mol. The summed E-state index contributed by atoms with van der Waals surface area (Å²) >= 11 is 0. The zero-order chi connectivity index (χ0) is 17.6. The van der Waals surface area contributed by atoms with Crippen LogP contribution in [-0.4, -0.2) is 29.9 Å². The second kappa shape index (κ2) is 7.79. The van der Waals surface area contributed by atoms with Gasteiger partial charge in [0.25, 0.3) is 5.91 Å². The van der Waals surface area contributed by atoms with Gasteiger partial charge in [0.2, 0.25) is 6.10 Å². The third-order valence-electron chi connectivity index (χ3n) is 4.26. The lowest BCUT2D eigenvalue weighted by Gasteiger charge is -2.30. The SMILES string of the molecule is O=C(OC(C(=O)N1CCCCC1)c1ccccc1)c1cc[n+]([O-])cc1. The lowest BCUT2D eigenvalue weighted by Crippen LogP contribution is -2.40. The number of hydrogen-bond acceptors (Lipinski definition) is 4. The molecule has 1 saturated heterocycles. The summed E-state index contributed by atoms with van der Waals surface area (Å²) in [6, 6.07) is 11.8. The third-order valence-corrected chi connectivity index (χ3v) is 4.26. The number of rotatable bonds is 4. The normalized spacial score (nSPS) is 15.4. The second-order valence-electron chi connectivity index (χ2n) is 6.03. The van der Waals surface area contributed by atoms with Crippen LogP contribution < -0.4 is 4.73 Å². The van der Waals surface area contributed by atoms with Crippen LogP contribution in [0.4, 0.5) is 0 Å². The molecule has 1 aliphatic heterocycles. The van der Waals surface area contributed by atoms with Crippen molar-refractivity contribution in [3.8, 4) is 0 Å². The number of carbonyl (C=O) groups is 2. The highest BCUT2D eigenvalue weighted by atomic mass is 16.5. The summed E-state index contributed by atoms with van der Waals surface area (Å²) in [5.41, 5.74) is 0.876. The Kier molecular flexibility index (Phi) is 5.28. The highest BCUT2D eigenvalue weighted by molar-refractivity contribution is 5.92. The van der Waals surface area contributed by atoms with Crippen molar-refractivity contribution in [2.75, 3.05) is 13.1 Å². The van der Waals surface area contributed by atoms with E-state index in [-0.39, 0.29) is 11.5 Å². The van der Waals surface area contributed by atoms with E-state index in [1.54, 1.807) is 17.0 Å². The molecule has 130 valence electrons. The van der Waals surface area contributed by atoms with E-state index in [9.17, 15) is 14.8 Å². The number of pyridine rings is 1. The fourth-order valence-corrected chi connectivity index (χ4v) is 2.89. The van der Waals surface area contributed by atoms with Crippen LogP contribution in [0.25, 0.3) is 0 Å². The van der Waals surface area contributed by atoms with Crippen molar-refractivity contribution in [2.45, 2.75) is 25.4 Å². The van der Waals surface area contributed by atoms with Gasteiger partial charge < -0.3 is 14.8 Å². The summed E-state index contributed by atoms with van der Waals surface area (Å²) in [4.78, 5) is 27.1. The first-order chi connectivity index (χ1) is 12.1. The minimum atomic E-state index is -0.980. The Bertz CT molecular complexity index is 725. The Morgan fingerprint density at radius 2 is 1.64 bits per heavy atom. The summed E-state index contributed by atoms with van der Waals surface area (Å²) in [5.74, 6) is -0.825. The van der Waals surface area contributed by atoms with Gasteiger partial charge >= 0.3 is 5.97 Å². The Labute approximate surface area is 146 Å². The molecule has 0 aliphatic carbocycles. The van der Waals surface area contributed by atoms with Gasteiger partial charge in [-0.2, -0.15) is 4.73 Å². The van der Waals surface area contributed by atoms with Gasteiger partial charge in [0, 0.05) is 30.8 Å². The Morgan fingerprint density at radius 3 is 2.28 bits per heavy atom. The molecule has 1 aromatic heterocycles. The summed E-state index contributed by atoms with van der Waals surface area (Å²) in [6.45, 7) is 1.36. The Hall–Kier alpha value is -2.89. The second-order valence-corrected chi connectivity index (χ2v) is 6.03. The lowest BCUT2D eigenvalue weighted by atomic mass is 10.1. The van der Waals surface area contributed by atoms with Crippen LogP contribution in [0.15, 0.2) is 54.9 Å². The zero-order valence-corrected chi connectivity index (χ0v) is 13.8. The largest absolute Gasteiger partial charge is 0.619 e. The lowest BCUT2D eigenvalue weighted by molar-refractivity contribution is -0.605. The third kappa shape index (κ3) is 4.15. The minimum Gasteiger partial charge on any atom is -0.619 e. The van der Waals surface area contributed by atoms with Gasteiger partial charge in [0.15, 0.2) is 12.4 Å². The summed E-state index contributed by atoms with van der Waals surface area (Å²) in [5, 5.41) is 11.1. The van der Waals surface area contributed by atoms with E-state index < -0.39 is 12.1 Å². The number of carbonyl (C=O) groups excluding carboxylic acids is 2. The maximum atomic E-state index is 12.9. The first kappa shape index (κ1) is 17.0. The van der Waals surface area contributed by atoms with E-state index in [4.69, 9.17) is 4.74 Å². The summed E-state index contributed by atoms with van der Waals surface area (Å²) < 4.78 is 6.12. The van der Waals surface area contributed by atoms with Crippen molar-refractivity contribution in [1.82, 2.24) is 4.90 Å². The molecular formula is C19H20N2O4. The Morgan fingerprint density at radius 1 is 1.00 bits per heavy atom. The van der Waals surface area contributed by atoms with E-state index in [1.807, 2.05) is 18.2 Å². The molecule has 1 aliphatic rings. The average molecular weight is 340 g/mol. The number of ether oxygens (including phenoxy) is 1. The number of hydrogen-bond donors (Lipinski definition) is 0. The topological polar surface area (TPSA) is 73.6 Å². The fraction of sp³-hybridized carbons (Fsp3) is 0.316. The van der Waals surface area contributed by atoms with Crippen molar-refractivity contribution < 1.29 is 19.1 Å². The molecule has 25 heavy (non-hydrogen) atoms. The van der Waals surface area contributed by atoms with E-state index in [0.717, 1.165) is 19.3 Å². The van der Waals surface area contributed by atoms with E-state index in [2.05, 4.69) is 0 Å². The minimum absolute atomic E-state index is 0.200. The molecule has 6 nitrogen and oxygen atoms in total. The smallest absolute Gasteiger partial charge is 0.339 e. The number of benzene rings is 1. The first-order valence-electron chi connectivity index (χ1n) is 8.39. The van der Waals surface area contributed by atoms with E-state index in [0.29, 0.717) is 23.4 Å². The van der Waals surface area contributed by atoms with Gasteiger partial charge in [-0.15, -0.1) is 0 Å². The Balaban J connectivity index is 1.82. The molecule has 1 fully saturated rings. The summed E-state index contributed by atoms with van der Waals surface area (Å²) in [6.07, 6.45) is 4.50. The molecule has 0 bridgehead atoms. The zero-order valence-electron chi connectivity index (χ0n) is 13.8. The molecule has 3 rings (SSSR count). The van der Waals surface area contributed by atoms with Crippen LogP contribution in [0, 0.1) is 5.21 Å². The van der Waals surface area contributed by atoms with Crippen molar-refractivity contribution in [3.63, 3.8) is 0 Å². The number of esters is 1. The predicted molar refractivity (Wildman–Crippen MR) is 90.4 cm³/mol. The van der Waals surface area contributed by atoms with Crippen LogP contribution in [0.3, 0.4) is 0 Å². The quantitative estimate of drug-likeness (QED) is 0.486. The molecule has 0 N–H and O–H groups in total. The highest BCUT2D eigenvalue weighted by Crippen LogP contribution is 2.23. The molecular weight excluding hydrogens is 320 g/mol. The van der Waals surface area contributed by atoms with Gasteiger partial charge in [0.1, 0.15) is 0 Å². The van der Waals surface area contributed by atoms with Crippen LogP contribution in [0.5, 0.6) is 0 Å². The van der Waals surface area contributed by atoms with E-state index in [1.165, 1.54) is 24.5 Å². The van der Waals surface area contributed by atoms with Crippen molar-refractivity contribution in [3.05, 3.63) is 71.2 Å². The van der Waals surface area contributed by atoms with Crippen molar-refractivity contribution >= 4 is 11.9 Å². The van der Waals surface area contributed by atoms with Crippen molar-refractivity contribution in [1.29, 1.82) is 0 Å². The van der Waals surface area contributed by atoms with Gasteiger partial charge in [-0.25, -0.2) is 4.79 Å². The molecule has 1 amide bonds. The molecule has 1 unspecified atom stereocenters. The predicted octanol–water partition coefficient (Wildman–Crippen LogP) is 2.23. The van der Waals surface area contributed by atoms with Crippen LogP contribution >= 0.6 is 0 Å². The number of nitrogens with zero attached hydrogens (tertiary/aromatic N) is 2. The van der Waals surface area contributed by atoms with Crippen LogP contribution in [0.1, 0.15) is 41.3 Å². The number of likely N-dealkylation sites (tertiary alicyclic amines) is 1. The molecule has 0 spiro atoms. The molecule has 0 saturated carbocycles. The molecule has 1 atom stereocenters. The standard InChI is InChI=1S/C19H20N2O4/c22-18(20-11-5-2-6-12-20)17(15-7-3-1-4-8-15)25-19(23)16-9-13-21(24)14-10-16/h1,3-4,7-10,13-14,17H,2,5-6,11-12H2. The average Bonchev–Trinajstić information content (AvgIpc) is 2.67. The van der Waals surface area contributed by atoms with Crippen LogP contribution in [-0.2, 0) is 9.53 Å². The first-order valence-corrected chi connectivity index (χ1v) is 8.39. The summed E-state index contributed by atoms with van der Waals surface area (Å²) in [7, 11) is 0. The van der Waals surface area contributed by atoms with Crippen molar-refractivity contribution in [2.24, 2.45) is 0 Å². The number of piperidine rings is 1. The molecule has 2 aromatic rings. The van der Waals surface area contributed by atoms with Crippen LogP contribution in [0.2, 0.25) is 0 Å².